The van der Waals surface area contributed by atoms with Gasteiger partial charge in [-0.3, -0.25) is 0 Å². The molecular weight excluding hydrogens is 302 g/mol. The number of rotatable bonds is 5. The minimum absolute atomic E-state index is 0.800. The van der Waals surface area contributed by atoms with Crippen LogP contribution in [0.1, 0.15) is 11.3 Å². The molecule has 0 amide bonds. The molecule has 0 atom stereocenters. The monoisotopic (exact) mass is 323 g/mol. The third-order valence-corrected chi connectivity index (χ3v) is 3.87. The highest BCUT2D eigenvalue weighted by Crippen LogP contribution is 2.29. The Morgan fingerprint density at radius 1 is 0.917 bits per heavy atom. The molecule has 4 heteroatoms. The van der Waals surface area contributed by atoms with Crippen molar-refractivity contribution < 1.29 is 13.9 Å². The van der Waals surface area contributed by atoms with Crippen LogP contribution in [0, 0.1) is 0 Å². The van der Waals surface area contributed by atoms with Crippen LogP contribution in [0.15, 0.2) is 46.9 Å². The molecule has 24 heavy (non-hydrogen) atoms. The highest BCUT2D eigenvalue weighted by Gasteiger charge is 2.06. The van der Waals surface area contributed by atoms with Gasteiger partial charge in [-0.2, -0.15) is 0 Å². The maximum Gasteiger partial charge on any atom is 0.142 e. The summed E-state index contributed by atoms with van der Waals surface area (Å²) in [4.78, 5) is 2.03. The summed E-state index contributed by atoms with van der Waals surface area (Å²) in [7, 11) is 7.33. The second-order valence-corrected chi connectivity index (χ2v) is 5.71. The molecule has 0 spiro atoms. The molecule has 0 saturated carbocycles. The minimum atomic E-state index is 0.800. The van der Waals surface area contributed by atoms with E-state index in [-0.39, 0.29) is 0 Å². The topological polar surface area (TPSA) is 34.8 Å². The first-order chi connectivity index (χ1) is 11.6. The largest absolute Gasteiger partial charge is 0.497 e. The van der Waals surface area contributed by atoms with Crippen LogP contribution >= 0.6 is 0 Å². The summed E-state index contributed by atoms with van der Waals surface area (Å²) >= 11 is 0. The van der Waals surface area contributed by atoms with E-state index in [1.807, 2.05) is 67.5 Å². The molecule has 2 aromatic carbocycles. The van der Waals surface area contributed by atoms with Gasteiger partial charge in [-0.1, -0.05) is 12.1 Å². The quantitative estimate of drug-likeness (QED) is 0.682. The van der Waals surface area contributed by atoms with Crippen molar-refractivity contribution in [3.05, 3.63) is 53.8 Å². The number of hydrogen-bond acceptors (Lipinski definition) is 4. The van der Waals surface area contributed by atoms with Crippen LogP contribution in [0.3, 0.4) is 0 Å². The van der Waals surface area contributed by atoms with Crippen LogP contribution in [-0.4, -0.2) is 28.3 Å². The van der Waals surface area contributed by atoms with Gasteiger partial charge in [0.05, 0.1) is 19.9 Å². The first kappa shape index (κ1) is 16.0. The summed E-state index contributed by atoms with van der Waals surface area (Å²) in [5.74, 6) is 2.47. The van der Waals surface area contributed by atoms with Gasteiger partial charge in [0.15, 0.2) is 0 Å². The maximum atomic E-state index is 5.83. The summed E-state index contributed by atoms with van der Waals surface area (Å²) < 4.78 is 16.5. The van der Waals surface area contributed by atoms with Crippen molar-refractivity contribution in [2.75, 3.05) is 33.2 Å². The van der Waals surface area contributed by atoms with E-state index in [0.717, 1.165) is 39.5 Å². The Kier molecular flexibility index (Phi) is 4.47. The molecule has 0 aliphatic carbocycles. The molecule has 0 aliphatic rings. The zero-order chi connectivity index (χ0) is 17.1. The highest BCUT2D eigenvalue weighted by molar-refractivity contribution is 5.83. The molecule has 1 heterocycles. The van der Waals surface area contributed by atoms with Crippen molar-refractivity contribution >= 4 is 28.8 Å². The predicted molar refractivity (Wildman–Crippen MR) is 99.0 cm³/mol. The average Bonchev–Trinajstić information content (AvgIpc) is 3.01. The molecule has 3 rings (SSSR count). The summed E-state index contributed by atoms with van der Waals surface area (Å²) in [6.45, 7) is 0. The second-order valence-electron chi connectivity index (χ2n) is 5.71. The molecule has 1 aromatic heterocycles. The number of methoxy groups -OCH3 is 2. The van der Waals surface area contributed by atoms with E-state index < -0.39 is 0 Å². The van der Waals surface area contributed by atoms with Crippen LogP contribution in [-0.2, 0) is 0 Å². The number of benzene rings is 2. The lowest BCUT2D eigenvalue weighted by Gasteiger charge is -2.16. The van der Waals surface area contributed by atoms with E-state index in [1.54, 1.807) is 14.2 Å². The van der Waals surface area contributed by atoms with Crippen molar-refractivity contribution in [1.82, 2.24) is 0 Å². The van der Waals surface area contributed by atoms with Gasteiger partial charge >= 0.3 is 0 Å². The molecule has 0 aliphatic heterocycles. The van der Waals surface area contributed by atoms with Crippen LogP contribution < -0.4 is 14.4 Å². The van der Waals surface area contributed by atoms with Gasteiger partial charge < -0.3 is 18.8 Å². The summed E-state index contributed by atoms with van der Waals surface area (Å²) in [5, 5.41) is 1.02. The fourth-order valence-electron chi connectivity index (χ4n) is 2.60. The van der Waals surface area contributed by atoms with Gasteiger partial charge in [0.1, 0.15) is 22.8 Å². The summed E-state index contributed by atoms with van der Waals surface area (Å²) in [5.41, 5.74) is 2.94. The van der Waals surface area contributed by atoms with E-state index in [1.165, 1.54) is 0 Å². The average molecular weight is 323 g/mol. The van der Waals surface area contributed by atoms with E-state index >= 15 is 0 Å². The number of fused-ring (bicyclic) bond motifs is 1. The number of hydrogen-bond donors (Lipinski definition) is 0. The molecule has 0 unspecified atom stereocenters. The molecule has 0 N–H and O–H groups in total. The smallest absolute Gasteiger partial charge is 0.142 e. The van der Waals surface area contributed by atoms with Gasteiger partial charge in [-0.25, -0.2) is 0 Å². The van der Waals surface area contributed by atoms with Crippen molar-refractivity contribution in [1.29, 1.82) is 0 Å². The first-order valence-corrected chi connectivity index (χ1v) is 7.72. The Bertz CT molecular complexity index is 878. The van der Waals surface area contributed by atoms with Gasteiger partial charge in [-0.05, 0) is 48.0 Å². The molecule has 0 saturated heterocycles. The molecule has 0 radical (unpaired) electrons. The van der Waals surface area contributed by atoms with Crippen LogP contribution in [0.5, 0.6) is 11.5 Å². The van der Waals surface area contributed by atoms with Gasteiger partial charge in [0.2, 0.25) is 0 Å². The van der Waals surface area contributed by atoms with Gasteiger partial charge in [0.25, 0.3) is 0 Å². The van der Waals surface area contributed by atoms with Gasteiger partial charge in [0, 0.05) is 19.5 Å². The maximum absolute atomic E-state index is 5.83. The Morgan fingerprint density at radius 3 is 2.46 bits per heavy atom. The van der Waals surface area contributed by atoms with Gasteiger partial charge in [-0.15, -0.1) is 0 Å². The number of anilines is 1. The van der Waals surface area contributed by atoms with Crippen molar-refractivity contribution in [3.63, 3.8) is 0 Å². The molecule has 0 fully saturated rings. The van der Waals surface area contributed by atoms with Crippen LogP contribution in [0.2, 0.25) is 0 Å². The Hall–Kier alpha value is -2.88. The van der Waals surface area contributed by atoms with E-state index in [9.17, 15) is 0 Å². The standard InChI is InChI=1S/C20H21NO3/c1-21(2)18-9-6-14(11-20(18)23-4)5-7-17-13-15-12-16(22-3)8-10-19(15)24-17/h5-13H,1-4H3/b7-5+. The Balaban J connectivity index is 1.87. The van der Waals surface area contributed by atoms with E-state index in [2.05, 4.69) is 6.07 Å². The van der Waals surface area contributed by atoms with E-state index in [4.69, 9.17) is 13.9 Å². The van der Waals surface area contributed by atoms with Crippen molar-refractivity contribution in [2.45, 2.75) is 0 Å². The third-order valence-electron chi connectivity index (χ3n) is 3.87. The number of nitrogens with zero attached hydrogens (tertiary/aromatic N) is 1. The molecule has 0 bridgehead atoms. The first-order valence-electron chi connectivity index (χ1n) is 7.72. The van der Waals surface area contributed by atoms with Crippen LogP contribution in [0.25, 0.3) is 23.1 Å². The fourth-order valence-corrected chi connectivity index (χ4v) is 2.60. The lowest BCUT2D eigenvalue weighted by molar-refractivity contribution is 0.415. The normalized spacial score (nSPS) is 11.2. The van der Waals surface area contributed by atoms with Crippen molar-refractivity contribution in [3.8, 4) is 11.5 Å². The third kappa shape index (κ3) is 3.23. The Morgan fingerprint density at radius 2 is 1.75 bits per heavy atom. The second kappa shape index (κ2) is 6.71. The fraction of sp³-hybridized carbons (Fsp3) is 0.200. The number of furan rings is 1. The highest BCUT2D eigenvalue weighted by atomic mass is 16.5. The molecule has 3 aromatic rings. The Labute approximate surface area is 141 Å². The summed E-state index contributed by atoms with van der Waals surface area (Å²) in [6.07, 6.45) is 3.97. The minimum Gasteiger partial charge on any atom is -0.497 e. The lowest BCUT2D eigenvalue weighted by Crippen LogP contribution is -2.09. The zero-order valence-electron chi connectivity index (χ0n) is 14.4. The SMILES string of the molecule is COc1ccc2oc(/C=C/c3ccc(N(C)C)c(OC)c3)cc2c1. The van der Waals surface area contributed by atoms with E-state index in [0.29, 0.717) is 0 Å². The lowest BCUT2D eigenvalue weighted by atomic mass is 10.1. The summed E-state index contributed by atoms with van der Waals surface area (Å²) in [6, 6.07) is 13.9. The molecule has 4 nitrogen and oxygen atoms in total. The zero-order valence-corrected chi connectivity index (χ0v) is 14.4. The molecule has 124 valence electrons. The number of ether oxygens (including phenoxy) is 2. The predicted octanol–water partition coefficient (Wildman–Crippen LogP) is 4.69. The van der Waals surface area contributed by atoms with Crippen LogP contribution in [0.4, 0.5) is 5.69 Å². The molecular formula is C20H21NO3. The van der Waals surface area contributed by atoms with Crippen molar-refractivity contribution in [2.24, 2.45) is 0 Å².